The lowest BCUT2D eigenvalue weighted by atomic mass is 10.8. The number of ether oxygens (including phenoxy) is 1. The highest BCUT2D eigenvalue weighted by atomic mass is 16.5. The third kappa shape index (κ3) is 1.10. The van der Waals surface area contributed by atoms with Crippen LogP contribution < -0.4 is 5.43 Å². The smallest absolute Gasteiger partial charge is 0.196 e. The van der Waals surface area contributed by atoms with Crippen molar-refractivity contribution < 1.29 is 4.74 Å². The third-order valence-electron chi connectivity index (χ3n) is 0.799. The van der Waals surface area contributed by atoms with E-state index in [4.69, 9.17) is 4.74 Å². The first kappa shape index (κ1) is 5.37. The van der Waals surface area contributed by atoms with Crippen LogP contribution in [-0.2, 0) is 4.74 Å². The van der Waals surface area contributed by atoms with E-state index < -0.39 is 0 Å². The maximum absolute atomic E-state index is 4.78. The Hall–Kier alpha value is -0.770. The van der Waals surface area contributed by atoms with Crippen LogP contribution in [0.3, 0.4) is 0 Å². The van der Waals surface area contributed by atoms with Gasteiger partial charge in [-0.1, -0.05) is 6.92 Å². The summed E-state index contributed by atoms with van der Waals surface area (Å²) in [7, 11) is 0. The lowest BCUT2D eigenvalue weighted by Crippen LogP contribution is -2.31. The number of rotatable bonds is 2. The van der Waals surface area contributed by atoms with E-state index in [2.05, 4.69) is 10.5 Å². The molecular weight excluding hydrogens is 106 g/mol. The second kappa shape index (κ2) is 2.52. The maximum atomic E-state index is 4.78. The SMILES string of the molecule is CCNN1COC=N1. The number of nitrogens with zero attached hydrogens (tertiary/aromatic N) is 2. The topological polar surface area (TPSA) is 36.9 Å². The van der Waals surface area contributed by atoms with Crippen molar-refractivity contribution in [2.75, 3.05) is 13.3 Å². The van der Waals surface area contributed by atoms with Crippen LogP contribution >= 0.6 is 0 Å². The van der Waals surface area contributed by atoms with Gasteiger partial charge >= 0.3 is 0 Å². The predicted octanol–water partition coefficient (Wildman–Crippen LogP) is -0.256. The second-order valence-corrected chi connectivity index (χ2v) is 1.43. The van der Waals surface area contributed by atoms with E-state index in [0.29, 0.717) is 6.73 Å². The lowest BCUT2D eigenvalue weighted by Gasteiger charge is -2.09. The molecule has 4 heteroatoms. The summed E-state index contributed by atoms with van der Waals surface area (Å²) in [5, 5.41) is 5.44. The Morgan fingerprint density at radius 2 is 2.88 bits per heavy atom. The van der Waals surface area contributed by atoms with Gasteiger partial charge in [-0.2, -0.15) is 5.12 Å². The molecule has 0 aromatic rings. The van der Waals surface area contributed by atoms with Gasteiger partial charge in [0, 0.05) is 6.54 Å². The zero-order valence-corrected chi connectivity index (χ0v) is 4.79. The number of hydrogen-bond donors (Lipinski definition) is 1. The molecule has 0 fully saturated rings. The third-order valence-corrected chi connectivity index (χ3v) is 0.799. The van der Waals surface area contributed by atoms with Gasteiger partial charge in [0.15, 0.2) is 13.1 Å². The van der Waals surface area contributed by atoms with Gasteiger partial charge in [0.05, 0.1) is 0 Å². The maximum Gasteiger partial charge on any atom is 0.196 e. The minimum Gasteiger partial charge on any atom is -0.458 e. The average Bonchev–Trinajstić information content (AvgIpc) is 2.19. The molecule has 0 saturated carbocycles. The first-order chi connectivity index (χ1) is 3.93. The minimum atomic E-state index is 0.522. The largest absolute Gasteiger partial charge is 0.458 e. The van der Waals surface area contributed by atoms with Crippen molar-refractivity contribution in [2.45, 2.75) is 6.92 Å². The number of nitrogens with one attached hydrogen (secondary N) is 1. The van der Waals surface area contributed by atoms with Crippen LogP contribution in [0.15, 0.2) is 5.10 Å². The fourth-order valence-electron chi connectivity index (χ4n) is 0.496. The van der Waals surface area contributed by atoms with E-state index in [1.807, 2.05) is 6.92 Å². The summed E-state index contributed by atoms with van der Waals surface area (Å²) in [6, 6.07) is 0. The molecule has 0 radical (unpaired) electrons. The summed E-state index contributed by atoms with van der Waals surface area (Å²) in [5.74, 6) is 0. The molecule has 4 nitrogen and oxygen atoms in total. The van der Waals surface area contributed by atoms with Crippen molar-refractivity contribution >= 4 is 6.40 Å². The molecule has 1 aliphatic rings. The first-order valence-electron chi connectivity index (χ1n) is 2.58. The molecule has 0 aromatic carbocycles. The Morgan fingerprint density at radius 3 is 3.38 bits per heavy atom. The molecule has 1 N–H and O–H groups in total. The number of hydrazine groups is 1. The number of hydrazone groups is 1. The Morgan fingerprint density at radius 1 is 2.00 bits per heavy atom. The van der Waals surface area contributed by atoms with Crippen molar-refractivity contribution in [2.24, 2.45) is 5.10 Å². The van der Waals surface area contributed by atoms with Crippen LogP contribution in [0.2, 0.25) is 0 Å². The second-order valence-electron chi connectivity index (χ2n) is 1.43. The van der Waals surface area contributed by atoms with Crippen LogP contribution in [0.5, 0.6) is 0 Å². The molecule has 0 atom stereocenters. The van der Waals surface area contributed by atoms with Crippen molar-refractivity contribution in [3.63, 3.8) is 0 Å². The van der Waals surface area contributed by atoms with E-state index in [-0.39, 0.29) is 0 Å². The van der Waals surface area contributed by atoms with Gasteiger partial charge in [-0.15, -0.1) is 5.10 Å². The van der Waals surface area contributed by atoms with Gasteiger partial charge in [0.2, 0.25) is 0 Å². The quantitative estimate of drug-likeness (QED) is 0.539. The monoisotopic (exact) mass is 115 g/mol. The molecule has 1 heterocycles. The Bertz CT molecular complexity index is 93.3. The first-order valence-corrected chi connectivity index (χ1v) is 2.58. The highest BCUT2D eigenvalue weighted by molar-refractivity contribution is 5.46. The summed E-state index contributed by atoms with van der Waals surface area (Å²) in [6.07, 6.45) is 1.42. The summed E-state index contributed by atoms with van der Waals surface area (Å²) in [5.41, 5.74) is 2.95. The van der Waals surface area contributed by atoms with Crippen LogP contribution in [0.25, 0.3) is 0 Å². The predicted molar refractivity (Wildman–Crippen MR) is 30.0 cm³/mol. The van der Waals surface area contributed by atoms with Gasteiger partial charge in [0.1, 0.15) is 0 Å². The Labute approximate surface area is 48.1 Å². The molecule has 0 amide bonds. The average molecular weight is 115 g/mol. The van der Waals surface area contributed by atoms with Gasteiger partial charge in [-0.05, 0) is 0 Å². The van der Waals surface area contributed by atoms with Crippen molar-refractivity contribution in [3.8, 4) is 0 Å². The molecule has 0 unspecified atom stereocenters. The molecule has 46 valence electrons. The van der Waals surface area contributed by atoms with Crippen molar-refractivity contribution in [1.82, 2.24) is 10.5 Å². The van der Waals surface area contributed by atoms with Gasteiger partial charge in [-0.3, -0.25) is 0 Å². The van der Waals surface area contributed by atoms with Crippen molar-refractivity contribution in [1.29, 1.82) is 0 Å². The molecule has 0 spiro atoms. The van der Waals surface area contributed by atoms with E-state index in [1.54, 1.807) is 5.12 Å². The summed E-state index contributed by atoms with van der Waals surface area (Å²) >= 11 is 0. The standard InChI is InChI=1S/C4H9N3O/c1-2-5-7-4-8-3-6-7/h3,5H,2,4H2,1H3. The van der Waals surface area contributed by atoms with E-state index in [0.717, 1.165) is 6.54 Å². The van der Waals surface area contributed by atoms with Crippen LogP contribution in [0, 0.1) is 0 Å². The normalized spacial score (nSPS) is 16.9. The fourth-order valence-corrected chi connectivity index (χ4v) is 0.496. The van der Waals surface area contributed by atoms with Gasteiger partial charge < -0.3 is 4.74 Å². The molecule has 0 aromatic heterocycles. The Kier molecular flexibility index (Phi) is 1.69. The molecule has 8 heavy (non-hydrogen) atoms. The van der Waals surface area contributed by atoms with Gasteiger partial charge in [0.25, 0.3) is 0 Å². The van der Waals surface area contributed by atoms with E-state index in [9.17, 15) is 0 Å². The minimum absolute atomic E-state index is 0.522. The fraction of sp³-hybridized carbons (Fsp3) is 0.750. The van der Waals surface area contributed by atoms with Crippen molar-refractivity contribution in [3.05, 3.63) is 0 Å². The van der Waals surface area contributed by atoms with E-state index >= 15 is 0 Å². The highest BCUT2D eigenvalue weighted by Crippen LogP contribution is 1.89. The lowest BCUT2D eigenvalue weighted by molar-refractivity contribution is 0.119. The molecular formula is C4H9N3O. The molecule has 1 aliphatic heterocycles. The summed E-state index contributed by atoms with van der Waals surface area (Å²) < 4.78 is 4.78. The number of hydrogen-bond acceptors (Lipinski definition) is 4. The summed E-state index contributed by atoms with van der Waals surface area (Å²) in [6.45, 7) is 3.41. The molecule has 1 rings (SSSR count). The van der Waals surface area contributed by atoms with Crippen LogP contribution in [-0.4, -0.2) is 24.8 Å². The summed E-state index contributed by atoms with van der Waals surface area (Å²) in [4.78, 5) is 0. The zero-order valence-electron chi connectivity index (χ0n) is 4.79. The molecule has 0 aliphatic carbocycles. The highest BCUT2D eigenvalue weighted by Gasteiger charge is 2.01. The molecule has 0 bridgehead atoms. The van der Waals surface area contributed by atoms with Crippen LogP contribution in [0.4, 0.5) is 0 Å². The Balaban J connectivity index is 2.16. The van der Waals surface area contributed by atoms with E-state index in [1.165, 1.54) is 6.40 Å². The van der Waals surface area contributed by atoms with Crippen LogP contribution in [0.1, 0.15) is 6.92 Å². The van der Waals surface area contributed by atoms with Gasteiger partial charge in [-0.25, -0.2) is 5.43 Å². The zero-order chi connectivity index (χ0) is 5.82. The molecule has 0 saturated heterocycles.